The van der Waals surface area contributed by atoms with Crippen molar-refractivity contribution in [2.24, 2.45) is 5.92 Å². The summed E-state index contributed by atoms with van der Waals surface area (Å²) >= 11 is 0. The molecule has 0 atom stereocenters. The molecule has 1 aliphatic heterocycles. The maximum atomic E-state index is 11.9. The fraction of sp³-hybridized carbons (Fsp3) is 0.500. The van der Waals surface area contributed by atoms with Gasteiger partial charge in [-0.1, -0.05) is 12.1 Å². The molecule has 2 rings (SSSR count). The van der Waals surface area contributed by atoms with Crippen LogP contribution in [0.2, 0.25) is 0 Å². The minimum absolute atomic E-state index is 0.0296. The van der Waals surface area contributed by atoms with Gasteiger partial charge in [0.05, 0.1) is 19.4 Å². The third-order valence-corrected chi connectivity index (χ3v) is 3.90. The second kappa shape index (κ2) is 6.61. The summed E-state index contributed by atoms with van der Waals surface area (Å²) in [6.07, 6.45) is 0.468. The zero-order chi connectivity index (χ0) is 15.4. The van der Waals surface area contributed by atoms with Crippen LogP contribution in [0.15, 0.2) is 18.2 Å². The number of carboxylic acid groups (broad SMARTS) is 1. The molecule has 114 valence electrons. The van der Waals surface area contributed by atoms with Crippen molar-refractivity contribution in [1.29, 1.82) is 0 Å². The van der Waals surface area contributed by atoms with Crippen LogP contribution in [0.25, 0.3) is 0 Å². The van der Waals surface area contributed by atoms with E-state index in [1.807, 2.05) is 32.0 Å². The molecule has 5 nitrogen and oxygen atoms in total. The Hall–Kier alpha value is -2.04. The molecule has 0 bridgehead atoms. The fourth-order valence-electron chi connectivity index (χ4n) is 2.44. The molecule has 0 aromatic heterocycles. The topological polar surface area (TPSA) is 66.8 Å². The number of hydrogen-bond acceptors (Lipinski definition) is 3. The van der Waals surface area contributed by atoms with Gasteiger partial charge < -0.3 is 14.7 Å². The zero-order valence-electron chi connectivity index (χ0n) is 12.5. The quantitative estimate of drug-likeness (QED) is 0.870. The number of aryl methyl sites for hydroxylation is 1. The van der Waals surface area contributed by atoms with Crippen molar-refractivity contribution in [3.8, 4) is 5.75 Å². The lowest BCUT2D eigenvalue weighted by Crippen LogP contribution is -2.50. The molecule has 0 saturated carbocycles. The number of likely N-dealkylation sites (tertiary alicyclic amines) is 1. The van der Waals surface area contributed by atoms with Gasteiger partial charge in [0, 0.05) is 19.0 Å². The van der Waals surface area contributed by atoms with E-state index >= 15 is 0 Å². The monoisotopic (exact) mass is 291 g/mol. The normalized spacial score (nSPS) is 14.7. The lowest BCUT2D eigenvalue weighted by atomic mass is 9.96. The SMILES string of the molecule is Cc1cccc(OCCC(=O)N2CC(CC(=O)O)C2)c1C. The molecule has 0 unspecified atom stereocenters. The number of carboxylic acids is 1. The van der Waals surface area contributed by atoms with Gasteiger partial charge in [-0.25, -0.2) is 0 Å². The van der Waals surface area contributed by atoms with E-state index in [0.29, 0.717) is 26.1 Å². The predicted molar refractivity (Wildman–Crippen MR) is 78.4 cm³/mol. The number of hydrogen-bond donors (Lipinski definition) is 1. The average Bonchev–Trinajstić information content (AvgIpc) is 2.38. The van der Waals surface area contributed by atoms with E-state index in [1.54, 1.807) is 4.90 Å². The minimum atomic E-state index is -0.801. The Balaban J connectivity index is 1.71. The Morgan fingerprint density at radius 2 is 2.05 bits per heavy atom. The van der Waals surface area contributed by atoms with Crippen molar-refractivity contribution < 1.29 is 19.4 Å². The molecular weight excluding hydrogens is 270 g/mol. The lowest BCUT2D eigenvalue weighted by molar-refractivity contribution is -0.145. The van der Waals surface area contributed by atoms with Gasteiger partial charge >= 0.3 is 5.97 Å². The Labute approximate surface area is 124 Å². The lowest BCUT2D eigenvalue weighted by Gasteiger charge is -2.38. The van der Waals surface area contributed by atoms with Crippen molar-refractivity contribution in [3.63, 3.8) is 0 Å². The highest BCUT2D eigenvalue weighted by Gasteiger charge is 2.31. The molecule has 1 saturated heterocycles. The van der Waals surface area contributed by atoms with Crippen molar-refractivity contribution in [2.75, 3.05) is 19.7 Å². The van der Waals surface area contributed by atoms with Crippen LogP contribution < -0.4 is 4.74 Å². The Morgan fingerprint density at radius 3 is 2.71 bits per heavy atom. The van der Waals surface area contributed by atoms with Crippen LogP contribution in [0.1, 0.15) is 24.0 Å². The first-order valence-corrected chi connectivity index (χ1v) is 7.16. The molecular formula is C16H21NO4. The van der Waals surface area contributed by atoms with E-state index in [-0.39, 0.29) is 18.2 Å². The summed E-state index contributed by atoms with van der Waals surface area (Å²) < 4.78 is 5.66. The second-order valence-corrected chi connectivity index (χ2v) is 5.56. The number of benzene rings is 1. The van der Waals surface area contributed by atoms with Gasteiger partial charge in [0.15, 0.2) is 0 Å². The number of ether oxygens (including phenoxy) is 1. The molecule has 21 heavy (non-hydrogen) atoms. The molecule has 0 radical (unpaired) electrons. The number of amides is 1. The summed E-state index contributed by atoms with van der Waals surface area (Å²) in [7, 11) is 0. The molecule has 0 spiro atoms. The van der Waals surface area contributed by atoms with Gasteiger partial charge in [-0.2, -0.15) is 0 Å². The number of carbonyl (C=O) groups excluding carboxylic acids is 1. The summed E-state index contributed by atoms with van der Waals surface area (Å²) in [5, 5.41) is 8.67. The van der Waals surface area contributed by atoms with Crippen LogP contribution in [0.3, 0.4) is 0 Å². The molecule has 5 heteroatoms. The van der Waals surface area contributed by atoms with Crippen molar-refractivity contribution in [2.45, 2.75) is 26.7 Å². The summed E-state index contributed by atoms with van der Waals surface area (Å²) in [6, 6.07) is 5.86. The smallest absolute Gasteiger partial charge is 0.303 e. The van der Waals surface area contributed by atoms with Crippen LogP contribution >= 0.6 is 0 Å². The average molecular weight is 291 g/mol. The first kappa shape index (κ1) is 15.4. The highest BCUT2D eigenvalue weighted by molar-refractivity contribution is 5.77. The van der Waals surface area contributed by atoms with E-state index in [1.165, 1.54) is 0 Å². The van der Waals surface area contributed by atoms with Gasteiger partial charge in [-0.3, -0.25) is 9.59 Å². The first-order valence-electron chi connectivity index (χ1n) is 7.16. The first-order chi connectivity index (χ1) is 9.97. The van der Waals surface area contributed by atoms with E-state index in [2.05, 4.69) is 0 Å². The van der Waals surface area contributed by atoms with Crippen LogP contribution in [0.5, 0.6) is 5.75 Å². The molecule has 1 heterocycles. The molecule has 0 aliphatic carbocycles. The highest BCUT2D eigenvalue weighted by Crippen LogP contribution is 2.22. The summed E-state index contributed by atoms with van der Waals surface area (Å²) in [4.78, 5) is 24.1. The van der Waals surface area contributed by atoms with Crippen LogP contribution in [0.4, 0.5) is 0 Å². The Kier molecular flexibility index (Phi) is 4.83. The number of carbonyl (C=O) groups is 2. The van der Waals surface area contributed by atoms with Crippen molar-refractivity contribution >= 4 is 11.9 Å². The Morgan fingerprint density at radius 1 is 1.33 bits per heavy atom. The summed E-state index contributed by atoms with van der Waals surface area (Å²) in [6.45, 7) is 5.47. The minimum Gasteiger partial charge on any atom is -0.493 e. The number of aliphatic carboxylic acids is 1. The van der Waals surface area contributed by atoms with Crippen LogP contribution in [-0.4, -0.2) is 41.6 Å². The van der Waals surface area contributed by atoms with Crippen LogP contribution in [0, 0.1) is 19.8 Å². The number of rotatable bonds is 6. The molecule has 1 fully saturated rings. The van der Waals surface area contributed by atoms with E-state index in [0.717, 1.165) is 16.9 Å². The molecule has 1 aliphatic rings. The van der Waals surface area contributed by atoms with Gasteiger partial charge in [-0.05, 0) is 31.0 Å². The fourth-order valence-corrected chi connectivity index (χ4v) is 2.44. The third-order valence-electron chi connectivity index (χ3n) is 3.90. The van der Waals surface area contributed by atoms with E-state index in [9.17, 15) is 9.59 Å². The highest BCUT2D eigenvalue weighted by atomic mass is 16.5. The van der Waals surface area contributed by atoms with Gasteiger partial charge in [0.1, 0.15) is 5.75 Å². The van der Waals surface area contributed by atoms with Crippen molar-refractivity contribution in [3.05, 3.63) is 29.3 Å². The largest absolute Gasteiger partial charge is 0.493 e. The van der Waals surface area contributed by atoms with Gasteiger partial charge in [0.2, 0.25) is 5.91 Å². The van der Waals surface area contributed by atoms with Crippen LogP contribution in [-0.2, 0) is 9.59 Å². The zero-order valence-corrected chi connectivity index (χ0v) is 12.5. The Bertz CT molecular complexity index is 535. The summed E-state index contributed by atoms with van der Waals surface area (Å²) in [5.74, 6) is 0.147. The summed E-state index contributed by atoms with van der Waals surface area (Å²) in [5.41, 5.74) is 2.26. The van der Waals surface area contributed by atoms with E-state index in [4.69, 9.17) is 9.84 Å². The molecule has 1 N–H and O–H groups in total. The second-order valence-electron chi connectivity index (χ2n) is 5.56. The van der Waals surface area contributed by atoms with Gasteiger partial charge in [0.25, 0.3) is 0 Å². The molecule has 1 aromatic rings. The van der Waals surface area contributed by atoms with Gasteiger partial charge in [-0.15, -0.1) is 0 Å². The third kappa shape index (κ3) is 3.97. The maximum Gasteiger partial charge on any atom is 0.303 e. The van der Waals surface area contributed by atoms with Crippen molar-refractivity contribution in [1.82, 2.24) is 4.90 Å². The molecule has 1 aromatic carbocycles. The van der Waals surface area contributed by atoms with E-state index < -0.39 is 5.97 Å². The standard InChI is InChI=1S/C16H21NO4/c1-11-4-3-5-14(12(11)2)21-7-6-15(18)17-9-13(10-17)8-16(19)20/h3-5,13H,6-10H2,1-2H3,(H,19,20). The molecule has 1 amide bonds. The maximum absolute atomic E-state index is 11.9. The number of nitrogens with zero attached hydrogens (tertiary/aromatic N) is 1. The predicted octanol–water partition coefficient (Wildman–Crippen LogP) is 2.01.